The van der Waals surface area contributed by atoms with Crippen LogP contribution in [0, 0.1) is 0 Å². The molecule has 3 aliphatic heterocycles. The zero-order valence-electron chi connectivity index (χ0n) is 23.5. The van der Waals surface area contributed by atoms with E-state index in [-0.39, 0.29) is 11.9 Å². The lowest BCUT2D eigenvalue weighted by Crippen LogP contribution is -2.63. The second-order valence-electron chi connectivity index (χ2n) is 11.6. The van der Waals surface area contributed by atoms with Gasteiger partial charge in [-0.25, -0.2) is 0 Å². The Morgan fingerprint density at radius 3 is 2.37 bits per heavy atom. The number of methoxy groups -OCH3 is 1. The number of hydrogen-bond donors (Lipinski definition) is 0. The van der Waals surface area contributed by atoms with Gasteiger partial charge in [-0.3, -0.25) is 14.6 Å². The summed E-state index contributed by atoms with van der Waals surface area (Å²) in [5, 5.41) is 0. The fourth-order valence-electron chi connectivity index (χ4n) is 7.26. The first-order valence-corrected chi connectivity index (χ1v) is 14.7. The maximum absolute atomic E-state index is 13.2. The smallest absolute Gasteiger partial charge is 0.253 e. The SMILES string of the molecule is C=CCN1C(C)CCC2C1CCC(C)N2C(c1ccc(C(=O)N2CCCCC2)cc1)c1cccc(OC)c1. The average Bonchev–Trinajstić information content (AvgIpc) is 2.96. The Morgan fingerprint density at radius 1 is 0.947 bits per heavy atom. The number of nitrogens with zero attached hydrogens (tertiary/aromatic N) is 3. The maximum Gasteiger partial charge on any atom is 0.253 e. The molecule has 5 unspecified atom stereocenters. The predicted octanol–water partition coefficient (Wildman–Crippen LogP) is 6.30. The van der Waals surface area contributed by atoms with Crippen LogP contribution < -0.4 is 4.74 Å². The molecule has 2 aromatic rings. The number of benzene rings is 2. The van der Waals surface area contributed by atoms with Crippen molar-refractivity contribution in [2.24, 2.45) is 0 Å². The van der Waals surface area contributed by atoms with E-state index in [1.165, 1.54) is 43.2 Å². The van der Waals surface area contributed by atoms with Crippen LogP contribution in [0.5, 0.6) is 5.75 Å². The fourth-order valence-corrected chi connectivity index (χ4v) is 7.26. The Kier molecular flexibility index (Phi) is 8.54. The van der Waals surface area contributed by atoms with Crippen LogP contribution in [0.25, 0.3) is 0 Å². The minimum Gasteiger partial charge on any atom is -0.497 e. The normalized spacial score (nSPS) is 27.4. The average molecular weight is 516 g/mol. The van der Waals surface area contributed by atoms with E-state index in [1.54, 1.807) is 7.11 Å². The van der Waals surface area contributed by atoms with Crippen LogP contribution in [0.1, 0.15) is 86.3 Å². The van der Waals surface area contributed by atoms with Gasteiger partial charge in [-0.1, -0.05) is 30.3 Å². The number of piperidine rings is 3. The molecule has 0 aromatic heterocycles. The van der Waals surface area contributed by atoms with E-state index in [0.29, 0.717) is 24.2 Å². The summed E-state index contributed by atoms with van der Waals surface area (Å²) in [6.07, 6.45) is 10.3. The van der Waals surface area contributed by atoms with Crippen molar-refractivity contribution in [1.29, 1.82) is 0 Å². The van der Waals surface area contributed by atoms with Crippen molar-refractivity contribution in [3.05, 3.63) is 77.9 Å². The minimum absolute atomic E-state index is 0.103. The summed E-state index contributed by atoms with van der Waals surface area (Å²) in [6, 6.07) is 19.2. The van der Waals surface area contributed by atoms with Crippen molar-refractivity contribution in [2.45, 2.75) is 89.0 Å². The van der Waals surface area contributed by atoms with Crippen LogP contribution in [0.3, 0.4) is 0 Å². The van der Waals surface area contributed by atoms with Gasteiger partial charge >= 0.3 is 0 Å². The molecule has 38 heavy (non-hydrogen) atoms. The molecule has 0 bridgehead atoms. The lowest BCUT2D eigenvalue weighted by atomic mass is 9.79. The van der Waals surface area contributed by atoms with E-state index < -0.39 is 0 Å². The highest BCUT2D eigenvalue weighted by molar-refractivity contribution is 5.94. The summed E-state index contributed by atoms with van der Waals surface area (Å²) >= 11 is 0. The highest BCUT2D eigenvalue weighted by Gasteiger charge is 2.45. The monoisotopic (exact) mass is 515 g/mol. The lowest BCUT2D eigenvalue weighted by Gasteiger charge is -2.56. The Balaban J connectivity index is 1.51. The van der Waals surface area contributed by atoms with Gasteiger partial charge in [-0.05, 0) is 94.2 Å². The van der Waals surface area contributed by atoms with Gasteiger partial charge in [0.25, 0.3) is 5.91 Å². The summed E-state index contributed by atoms with van der Waals surface area (Å²) in [5.74, 6) is 1.05. The van der Waals surface area contributed by atoms with E-state index in [1.807, 2.05) is 11.0 Å². The first-order chi connectivity index (χ1) is 18.5. The molecule has 0 aliphatic carbocycles. The standard InChI is InChI=1S/C33H45N3O2/c1-5-20-35-24(2)12-19-31-30(35)18-13-25(3)36(31)32(28-10-9-11-29(23-28)38-4)26-14-16-27(17-15-26)33(37)34-21-7-6-8-22-34/h5,9-11,14-17,23-25,30-32H,1,6-8,12-13,18-22H2,2-4H3. The van der Waals surface area contributed by atoms with Gasteiger partial charge in [0.1, 0.15) is 5.75 Å². The van der Waals surface area contributed by atoms with Gasteiger partial charge in [-0.2, -0.15) is 0 Å². The van der Waals surface area contributed by atoms with Gasteiger partial charge in [0.2, 0.25) is 0 Å². The molecule has 5 rings (SSSR count). The molecule has 1 amide bonds. The van der Waals surface area contributed by atoms with E-state index >= 15 is 0 Å². The third-order valence-electron chi connectivity index (χ3n) is 9.25. The Labute approximate surface area is 229 Å². The number of hydrogen-bond acceptors (Lipinski definition) is 4. The van der Waals surface area contributed by atoms with E-state index in [4.69, 9.17) is 4.74 Å². The Morgan fingerprint density at radius 2 is 1.66 bits per heavy atom. The van der Waals surface area contributed by atoms with Gasteiger partial charge < -0.3 is 9.64 Å². The van der Waals surface area contributed by atoms with E-state index in [9.17, 15) is 4.79 Å². The van der Waals surface area contributed by atoms with E-state index in [2.05, 4.69) is 78.8 Å². The first-order valence-electron chi connectivity index (χ1n) is 14.7. The summed E-state index contributed by atoms with van der Waals surface area (Å²) in [5.41, 5.74) is 3.30. The largest absolute Gasteiger partial charge is 0.497 e. The predicted molar refractivity (Wildman–Crippen MR) is 155 cm³/mol. The van der Waals surface area contributed by atoms with Crippen LogP contribution >= 0.6 is 0 Å². The third-order valence-corrected chi connectivity index (χ3v) is 9.25. The second kappa shape index (κ2) is 12.0. The van der Waals surface area contributed by atoms with Crippen LogP contribution in [-0.2, 0) is 0 Å². The van der Waals surface area contributed by atoms with Crippen LogP contribution in [-0.4, -0.2) is 71.5 Å². The highest BCUT2D eigenvalue weighted by atomic mass is 16.5. The number of carbonyl (C=O) groups is 1. The van der Waals surface area contributed by atoms with Crippen molar-refractivity contribution in [1.82, 2.24) is 14.7 Å². The molecule has 3 aliphatic rings. The van der Waals surface area contributed by atoms with Crippen molar-refractivity contribution in [3.8, 4) is 5.75 Å². The molecular formula is C33H45N3O2. The van der Waals surface area contributed by atoms with Gasteiger partial charge in [0, 0.05) is 49.4 Å². The topological polar surface area (TPSA) is 36.0 Å². The lowest BCUT2D eigenvalue weighted by molar-refractivity contribution is -0.0499. The van der Waals surface area contributed by atoms with Crippen molar-refractivity contribution >= 4 is 5.91 Å². The highest BCUT2D eigenvalue weighted by Crippen LogP contribution is 2.43. The molecule has 204 valence electrons. The molecule has 5 atom stereocenters. The quantitative estimate of drug-likeness (QED) is 0.405. The molecule has 3 heterocycles. The molecule has 5 heteroatoms. The number of rotatable bonds is 7. The van der Waals surface area contributed by atoms with Gasteiger partial charge in [0.05, 0.1) is 13.2 Å². The van der Waals surface area contributed by atoms with Crippen molar-refractivity contribution in [2.75, 3.05) is 26.7 Å². The molecule has 2 aromatic carbocycles. The molecule has 0 radical (unpaired) electrons. The molecule has 5 nitrogen and oxygen atoms in total. The van der Waals surface area contributed by atoms with Gasteiger partial charge in [0.15, 0.2) is 0 Å². The second-order valence-corrected chi connectivity index (χ2v) is 11.6. The van der Waals surface area contributed by atoms with Gasteiger partial charge in [-0.15, -0.1) is 6.58 Å². The Bertz CT molecular complexity index is 1090. The number of likely N-dealkylation sites (tertiary alicyclic amines) is 3. The maximum atomic E-state index is 13.2. The minimum atomic E-state index is 0.103. The molecular weight excluding hydrogens is 470 g/mol. The Hall–Kier alpha value is -2.63. The molecule has 3 fully saturated rings. The van der Waals surface area contributed by atoms with Crippen LogP contribution in [0.15, 0.2) is 61.2 Å². The zero-order chi connectivity index (χ0) is 26.6. The van der Waals surface area contributed by atoms with Crippen molar-refractivity contribution in [3.63, 3.8) is 0 Å². The number of ether oxygens (including phenoxy) is 1. The van der Waals surface area contributed by atoms with Crippen LogP contribution in [0.4, 0.5) is 0 Å². The summed E-state index contributed by atoms with van der Waals surface area (Å²) < 4.78 is 5.65. The molecule has 0 saturated carbocycles. The van der Waals surface area contributed by atoms with Crippen LogP contribution in [0.2, 0.25) is 0 Å². The van der Waals surface area contributed by atoms with Crippen molar-refractivity contribution < 1.29 is 9.53 Å². The fraction of sp³-hybridized carbons (Fsp3) is 0.545. The number of fused-ring (bicyclic) bond motifs is 1. The summed E-state index contributed by atoms with van der Waals surface area (Å²) in [6.45, 7) is 11.5. The first kappa shape index (κ1) is 27.0. The number of amides is 1. The summed E-state index contributed by atoms with van der Waals surface area (Å²) in [4.78, 5) is 20.7. The molecule has 0 spiro atoms. The third kappa shape index (κ3) is 5.41. The summed E-state index contributed by atoms with van der Waals surface area (Å²) in [7, 11) is 1.74. The molecule has 3 saturated heterocycles. The zero-order valence-corrected chi connectivity index (χ0v) is 23.5. The number of carbonyl (C=O) groups excluding carboxylic acids is 1. The molecule has 0 N–H and O–H groups in total. The van der Waals surface area contributed by atoms with E-state index in [0.717, 1.165) is 43.8 Å².